The normalized spacial score (nSPS) is 17.9. The number of benzene rings is 1. The number of hydrogen-bond acceptors (Lipinski definition) is 7. The molecule has 0 radical (unpaired) electrons. The Bertz CT molecular complexity index is 1160. The number of rotatable bonds is 4. The molecular weight excluding hydrogens is 455 g/mol. The largest absolute Gasteiger partial charge is 0.460 e. The van der Waals surface area contributed by atoms with Crippen molar-refractivity contribution in [3.63, 3.8) is 0 Å². The molecule has 2 N–H and O–H groups in total. The van der Waals surface area contributed by atoms with E-state index in [-0.39, 0.29) is 31.0 Å². The lowest BCUT2D eigenvalue weighted by atomic mass is 9.89. The van der Waals surface area contributed by atoms with Gasteiger partial charge >= 0.3 is 12.1 Å². The molecule has 0 fully saturated rings. The van der Waals surface area contributed by atoms with Gasteiger partial charge < -0.3 is 19.1 Å². The molecule has 35 heavy (non-hydrogen) atoms. The van der Waals surface area contributed by atoms with Gasteiger partial charge in [0.2, 0.25) is 0 Å². The highest BCUT2D eigenvalue weighted by molar-refractivity contribution is 6.05. The number of hydrogen-bond donors (Lipinski definition) is 2. The number of fused-ring (bicyclic) bond motifs is 1. The second kappa shape index (κ2) is 9.41. The maximum absolute atomic E-state index is 15.1. The minimum Gasteiger partial charge on any atom is -0.460 e. The molecule has 0 saturated carbocycles. The lowest BCUT2D eigenvalue weighted by Gasteiger charge is -2.33. The number of amides is 1. The van der Waals surface area contributed by atoms with Gasteiger partial charge in [-0.25, -0.2) is 14.2 Å². The van der Waals surface area contributed by atoms with Crippen molar-refractivity contribution < 1.29 is 28.6 Å². The Morgan fingerprint density at radius 3 is 2.43 bits per heavy atom. The van der Waals surface area contributed by atoms with E-state index in [0.29, 0.717) is 17.1 Å². The van der Waals surface area contributed by atoms with Crippen LogP contribution in [0, 0.1) is 5.82 Å². The Labute approximate surface area is 204 Å². The van der Waals surface area contributed by atoms with E-state index in [0.717, 1.165) is 0 Å². The summed E-state index contributed by atoms with van der Waals surface area (Å²) in [7, 11) is 0. The number of imidazole rings is 1. The van der Waals surface area contributed by atoms with Crippen LogP contribution in [0.3, 0.4) is 0 Å². The lowest BCUT2D eigenvalue weighted by molar-refractivity contribution is -0.153. The second-order valence-corrected chi connectivity index (χ2v) is 10.8. The van der Waals surface area contributed by atoms with Crippen LogP contribution < -0.4 is 5.32 Å². The number of carbonyl (C=O) groups excluding carboxylic acids is 2. The fourth-order valence-electron chi connectivity index (χ4n) is 3.81. The fourth-order valence-corrected chi connectivity index (χ4v) is 3.81. The Kier molecular flexibility index (Phi) is 7.08. The van der Waals surface area contributed by atoms with Crippen molar-refractivity contribution in [2.24, 2.45) is 4.99 Å². The molecule has 1 unspecified atom stereocenters. The van der Waals surface area contributed by atoms with Crippen LogP contribution in [0.25, 0.3) is 0 Å². The first-order valence-electron chi connectivity index (χ1n) is 11.4. The number of carbonyl (C=O) groups is 2. The zero-order chi connectivity index (χ0) is 26.2. The summed E-state index contributed by atoms with van der Waals surface area (Å²) >= 11 is 0. The van der Waals surface area contributed by atoms with E-state index >= 15 is 4.39 Å². The first-order valence-corrected chi connectivity index (χ1v) is 11.4. The van der Waals surface area contributed by atoms with Crippen LogP contribution in [0.15, 0.2) is 29.4 Å². The van der Waals surface area contributed by atoms with Crippen molar-refractivity contribution in [2.75, 3.05) is 0 Å². The topological polar surface area (TPSA) is 115 Å². The third-order valence-corrected chi connectivity index (χ3v) is 5.14. The van der Waals surface area contributed by atoms with Gasteiger partial charge in [0.15, 0.2) is 11.7 Å². The summed E-state index contributed by atoms with van der Waals surface area (Å²) in [6.45, 7) is 12.1. The fraction of sp³-hybridized carbons (Fsp3) is 0.520. The summed E-state index contributed by atoms with van der Waals surface area (Å²) in [6.07, 6.45) is 0.702. The smallest absolute Gasteiger partial charge is 0.413 e. The highest BCUT2D eigenvalue weighted by Crippen LogP contribution is 2.35. The molecule has 0 bridgehead atoms. The Hall–Kier alpha value is -3.27. The maximum atomic E-state index is 15.1. The second-order valence-electron chi connectivity index (χ2n) is 10.8. The molecule has 10 heteroatoms. The zero-order valence-corrected chi connectivity index (χ0v) is 21.2. The van der Waals surface area contributed by atoms with E-state index in [4.69, 9.17) is 9.47 Å². The number of nitrogens with zero attached hydrogens (tertiary/aromatic N) is 3. The average molecular weight is 489 g/mol. The molecule has 3 rings (SSSR count). The van der Waals surface area contributed by atoms with Crippen LogP contribution in [0.5, 0.6) is 0 Å². The van der Waals surface area contributed by atoms with Crippen LogP contribution in [0.4, 0.5) is 9.18 Å². The van der Waals surface area contributed by atoms with Crippen molar-refractivity contribution in [1.29, 1.82) is 0 Å². The number of amidine groups is 1. The lowest BCUT2D eigenvalue weighted by Crippen LogP contribution is -2.44. The van der Waals surface area contributed by atoms with E-state index in [1.165, 1.54) is 18.3 Å². The van der Waals surface area contributed by atoms with Crippen LogP contribution in [0.1, 0.15) is 71.1 Å². The van der Waals surface area contributed by atoms with E-state index in [9.17, 15) is 14.7 Å². The molecule has 2 aromatic rings. The summed E-state index contributed by atoms with van der Waals surface area (Å²) in [5, 5.41) is 12.4. The molecular formula is C25H33FN4O5. The molecule has 1 aromatic heterocycles. The molecule has 1 amide bonds. The summed E-state index contributed by atoms with van der Waals surface area (Å²) < 4.78 is 27.5. The summed E-state index contributed by atoms with van der Waals surface area (Å²) in [5.74, 6) is -0.540. The van der Waals surface area contributed by atoms with Crippen LogP contribution >= 0.6 is 0 Å². The third-order valence-electron chi connectivity index (χ3n) is 5.14. The van der Waals surface area contributed by atoms with Gasteiger partial charge in [0, 0.05) is 5.56 Å². The van der Waals surface area contributed by atoms with Gasteiger partial charge in [-0.05, 0) is 66.2 Å². The standard InChI is InChI=1S/C25H33FN4O5/c1-23(2,3)34-19(32)11-15-8-9-18(26)17(10-15)25(7)14-30-16(13-31)12-27-21(30)20(29-25)28-22(33)35-24(4,5)6/h8-10,12,31H,11,13-14H2,1-7H3,(H,28,29,33). The van der Waals surface area contributed by atoms with Gasteiger partial charge in [-0.2, -0.15) is 0 Å². The van der Waals surface area contributed by atoms with E-state index < -0.39 is 34.6 Å². The van der Waals surface area contributed by atoms with Crippen molar-refractivity contribution in [3.05, 3.63) is 52.9 Å². The van der Waals surface area contributed by atoms with E-state index in [2.05, 4.69) is 15.3 Å². The highest BCUT2D eigenvalue weighted by atomic mass is 19.1. The van der Waals surface area contributed by atoms with E-state index in [1.807, 2.05) is 0 Å². The van der Waals surface area contributed by atoms with Gasteiger partial charge in [0.05, 0.1) is 31.5 Å². The third kappa shape index (κ3) is 6.45. The van der Waals surface area contributed by atoms with Crippen molar-refractivity contribution in [1.82, 2.24) is 14.9 Å². The molecule has 1 aliphatic heterocycles. The van der Waals surface area contributed by atoms with Gasteiger partial charge in [-0.3, -0.25) is 15.1 Å². The average Bonchev–Trinajstić information content (AvgIpc) is 3.09. The molecule has 1 aliphatic rings. The molecule has 1 atom stereocenters. The number of aromatic nitrogens is 2. The van der Waals surface area contributed by atoms with Crippen molar-refractivity contribution in [2.45, 2.75) is 84.8 Å². The number of ether oxygens (including phenoxy) is 2. The number of halogens is 1. The number of alkyl carbamates (subject to hydrolysis) is 1. The van der Waals surface area contributed by atoms with Gasteiger partial charge in [-0.15, -0.1) is 0 Å². The maximum Gasteiger partial charge on any atom is 0.413 e. The molecule has 0 saturated heterocycles. The predicted molar refractivity (Wildman–Crippen MR) is 127 cm³/mol. The molecule has 0 spiro atoms. The van der Waals surface area contributed by atoms with Crippen LogP contribution in [-0.4, -0.2) is 43.8 Å². The van der Waals surface area contributed by atoms with Crippen molar-refractivity contribution >= 4 is 17.9 Å². The quantitative estimate of drug-likeness (QED) is 0.636. The zero-order valence-electron chi connectivity index (χ0n) is 21.2. The van der Waals surface area contributed by atoms with Crippen LogP contribution in [0.2, 0.25) is 0 Å². The number of aliphatic hydroxyl groups excluding tert-OH is 1. The molecule has 9 nitrogen and oxygen atoms in total. The Morgan fingerprint density at radius 1 is 1.17 bits per heavy atom. The summed E-state index contributed by atoms with van der Waals surface area (Å²) in [5.41, 5.74) is -1.29. The number of esters is 1. The van der Waals surface area contributed by atoms with Gasteiger partial charge in [-0.1, -0.05) is 6.07 Å². The summed E-state index contributed by atoms with van der Waals surface area (Å²) in [6, 6.07) is 4.39. The number of aliphatic imine (C=N–C) groups is 1. The Balaban J connectivity index is 2.01. The first-order chi connectivity index (χ1) is 16.1. The first kappa shape index (κ1) is 26.3. The Morgan fingerprint density at radius 2 is 1.83 bits per heavy atom. The van der Waals surface area contributed by atoms with Gasteiger partial charge in [0.25, 0.3) is 0 Å². The molecule has 190 valence electrons. The monoisotopic (exact) mass is 488 g/mol. The number of aliphatic hydroxyl groups is 1. The molecule has 0 aliphatic carbocycles. The molecule has 2 heterocycles. The van der Waals surface area contributed by atoms with Crippen LogP contribution in [-0.2, 0) is 39.4 Å². The molecule has 1 aromatic carbocycles. The van der Waals surface area contributed by atoms with Crippen molar-refractivity contribution in [3.8, 4) is 0 Å². The minimum absolute atomic E-state index is 0.0361. The number of nitrogens with one attached hydrogen (secondary N) is 1. The summed E-state index contributed by atoms with van der Waals surface area (Å²) in [4.78, 5) is 33.8. The SMILES string of the molecule is CC(C)(C)OC(=O)Cc1ccc(F)c(C2(C)Cn3c(CO)cnc3C(NC(=O)OC(C)(C)C)=N2)c1. The van der Waals surface area contributed by atoms with Gasteiger partial charge in [0.1, 0.15) is 22.6 Å². The minimum atomic E-state index is -1.18. The predicted octanol–water partition coefficient (Wildman–Crippen LogP) is 3.60. The van der Waals surface area contributed by atoms with E-state index in [1.54, 1.807) is 59.1 Å². The highest BCUT2D eigenvalue weighted by Gasteiger charge is 2.38.